The van der Waals surface area contributed by atoms with Gasteiger partial charge in [-0.2, -0.15) is 0 Å². The molecule has 6 heteroatoms. The molecule has 1 atom stereocenters. The van der Waals surface area contributed by atoms with Crippen LogP contribution in [0.4, 0.5) is 0 Å². The number of hydrogen-bond acceptors (Lipinski definition) is 4. The molecule has 4 aliphatic carbocycles. The molecule has 6 nitrogen and oxygen atoms in total. The summed E-state index contributed by atoms with van der Waals surface area (Å²) in [4.78, 5) is 36.2. The summed E-state index contributed by atoms with van der Waals surface area (Å²) < 4.78 is 5.09. The van der Waals surface area contributed by atoms with E-state index in [4.69, 9.17) is 4.74 Å². The van der Waals surface area contributed by atoms with Crippen LogP contribution in [-0.4, -0.2) is 37.0 Å². The number of hydrogen-bond donors (Lipinski definition) is 2. The van der Waals surface area contributed by atoms with Gasteiger partial charge in [-0.1, -0.05) is 0 Å². The predicted octanol–water partition coefficient (Wildman–Crippen LogP) is 1.78. The zero-order chi connectivity index (χ0) is 18.0. The molecule has 4 rings (SSSR count). The number of amides is 2. The standard InChI is InChI=1S/C19H30N2O4/c1-3-20-17(23)12(2)25-16(22)4-5-21-18(24)19-9-13-6-14(10-19)8-15(7-13)11-19/h12-15H,3-11H2,1-2H3,(H,20,23)(H,21,24)/t12-,13?,14?,15?,19?/m1/s1. The molecule has 0 aromatic rings. The van der Waals surface area contributed by atoms with Crippen LogP contribution < -0.4 is 10.6 Å². The van der Waals surface area contributed by atoms with Crippen LogP contribution in [0.2, 0.25) is 0 Å². The Kier molecular flexibility index (Phi) is 5.35. The van der Waals surface area contributed by atoms with Gasteiger partial charge in [-0.3, -0.25) is 14.4 Å². The summed E-state index contributed by atoms with van der Waals surface area (Å²) >= 11 is 0. The fourth-order valence-electron chi connectivity index (χ4n) is 5.48. The number of carbonyl (C=O) groups is 3. The van der Waals surface area contributed by atoms with E-state index in [1.54, 1.807) is 6.92 Å². The minimum atomic E-state index is -0.800. The lowest BCUT2D eigenvalue weighted by Crippen LogP contribution is -2.53. The summed E-state index contributed by atoms with van der Waals surface area (Å²) in [7, 11) is 0. The van der Waals surface area contributed by atoms with E-state index < -0.39 is 12.1 Å². The number of nitrogens with one attached hydrogen (secondary N) is 2. The summed E-state index contributed by atoms with van der Waals surface area (Å²) in [6.45, 7) is 4.15. The summed E-state index contributed by atoms with van der Waals surface area (Å²) in [6.07, 6.45) is 6.26. The maximum absolute atomic E-state index is 12.8. The first-order valence-corrected chi connectivity index (χ1v) is 9.67. The molecule has 2 N–H and O–H groups in total. The molecule has 0 aliphatic heterocycles. The van der Waals surface area contributed by atoms with Crippen molar-refractivity contribution in [3.63, 3.8) is 0 Å². The second-order valence-corrected chi connectivity index (χ2v) is 8.23. The highest BCUT2D eigenvalue weighted by molar-refractivity contribution is 5.85. The molecule has 25 heavy (non-hydrogen) atoms. The minimum Gasteiger partial charge on any atom is -0.452 e. The number of ether oxygens (including phenoxy) is 1. The Hall–Kier alpha value is -1.59. The van der Waals surface area contributed by atoms with Gasteiger partial charge in [0.1, 0.15) is 0 Å². The summed E-state index contributed by atoms with van der Waals surface area (Å²) in [5.74, 6) is 1.54. The van der Waals surface area contributed by atoms with Crippen molar-refractivity contribution in [2.45, 2.75) is 64.9 Å². The van der Waals surface area contributed by atoms with E-state index in [9.17, 15) is 14.4 Å². The van der Waals surface area contributed by atoms with Crippen LogP contribution in [0.25, 0.3) is 0 Å². The van der Waals surface area contributed by atoms with Crippen molar-refractivity contribution >= 4 is 17.8 Å². The van der Waals surface area contributed by atoms with Gasteiger partial charge in [0.25, 0.3) is 5.91 Å². The molecule has 0 spiro atoms. The average molecular weight is 350 g/mol. The molecule has 4 fully saturated rings. The van der Waals surface area contributed by atoms with Crippen molar-refractivity contribution in [3.8, 4) is 0 Å². The zero-order valence-electron chi connectivity index (χ0n) is 15.3. The first kappa shape index (κ1) is 18.2. The van der Waals surface area contributed by atoms with Crippen molar-refractivity contribution in [2.75, 3.05) is 13.1 Å². The van der Waals surface area contributed by atoms with Gasteiger partial charge < -0.3 is 15.4 Å². The largest absolute Gasteiger partial charge is 0.452 e. The Labute approximate surface area is 149 Å². The van der Waals surface area contributed by atoms with Crippen LogP contribution in [0.5, 0.6) is 0 Å². The lowest BCUT2D eigenvalue weighted by atomic mass is 9.49. The first-order chi connectivity index (χ1) is 11.9. The maximum atomic E-state index is 12.8. The van der Waals surface area contributed by atoms with E-state index in [1.165, 1.54) is 19.3 Å². The normalized spacial score (nSPS) is 33.6. The highest BCUT2D eigenvalue weighted by Gasteiger charge is 2.54. The van der Waals surface area contributed by atoms with Gasteiger partial charge in [-0.15, -0.1) is 0 Å². The topological polar surface area (TPSA) is 84.5 Å². The highest BCUT2D eigenvalue weighted by atomic mass is 16.5. The van der Waals surface area contributed by atoms with Crippen LogP contribution in [0.15, 0.2) is 0 Å². The molecule has 0 unspecified atom stereocenters. The first-order valence-electron chi connectivity index (χ1n) is 9.67. The third-order valence-electron chi connectivity index (χ3n) is 6.16. The van der Waals surface area contributed by atoms with E-state index in [2.05, 4.69) is 10.6 Å². The van der Waals surface area contributed by atoms with Crippen molar-refractivity contribution in [1.82, 2.24) is 10.6 Å². The highest BCUT2D eigenvalue weighted by Crippen LogP contribution is 2.60. The Balaban J connectivity index is 1.42. The summed E-state index contributed by atoms with van der Waals surface area (Å²) in [5.41, 5.74) is -0.188. The summed E-state index contributed by atoms with van der Waals surface area (Å²) in [6, 6.07) is 0. The van der Waals surface area contributed by atoms with Gasteiger partial charge in [-0.25, -0.2) is 0 Å². The zero-order valence-corrected chi connectivity index (χ0v) is 15.3. The van der Waals surface area contributed by atoms with E-state index in [1.807, 2.05) is 6.92 Å². The Morgan fingerprint density at radius 3 is 2.12 bits per heavy atom. The van der Waals surface area contributed by atoms with Gasteiger partial charge >= 0.3 is 5.97 Å². The second kappa shape index (κ2) is 7.34. The van der Waals surface area contributed by atoms with Crippen LogP contribution in [0.3, 0.4) is 0 Å². The van der Waals surface area contributed by atoms with Crippen molar-refractivity contribution in [1.29, 1.82) is 0 Å². The quantitative estimate of drug-likeness (QED) is 0.686. The van der Waals surface area contributed by atoms with E-state index in [0.29, 0.717) is 6.54 Å². The van der Waals surface area contributed by atoms with Crippen LogP contribution in [0, 0.1) is 23.2 Å². The average Bonchev–Trinajstić information content (AvgIpc) is 2.53. The van der Waals surface area contributed by atoms with Crippen LogP contribution >= 0.6 is 0 Å². The van der Waals surface area contributed by atoms with Crippen molar-refractivity contribution in [3.05, 3.63) is 0 Å². The lowest BCUT2D eigenvalue weighted by molar-refractivity contribution is -0.155. The third kappa shape index (κ3) is 3.98. The van der Waals surface area contributed by atoms with Gasteiger partial charge in [0, 0.05) is 18.5 Å². The molecule has 4 aliphatic rings. The molecule has 0 heterocycles. The smallest absolute Gasteiger partial charge is 0.308 e. The molecule has 4 saturated carbocycles. The van der Waals surface area contributed by atoms with Gasteiger partial charge in [-0.05, 0) is 70.1 Å². The fourth-order valence-corrected chi connectivity index (χ4v) is 5.48. The second-order valence-electron chi connectivity index (χ2n) is 8.23. The van der Waals surface area contributed by atoms with Crippen LogP contribution in [0.1, 0.15) is 58.8 Å². The Bertz CT molecular complexity index is 510. The monoisotopic (exact) mass is 350 g/mol. The Morgan fingerprint density at radius 1 is 1.04 bits per heavy atom. The van der Waals surface area contributed by atoms with E-state index in [-0.39, 0.29) is 30.2 Å². The molecule has 2 amide bonds. The SMILES string of the molecule is CCNC(=O)[C@@H](C)OC(=O)CCNC(=O)C12CC3CC(CC(C3)C1)C2. The molecule has 4 bridgehead atoms. The Morgan fingerprint density at radius 2 is 1.60 bits per heavy atom. The lowest BCUT2D eigenvalue weighted by Gasteiger charge is -2.55. The molecular formula is C19H30N2O4. The number of esters is 1. The molecule has 0 radical (unpaired) electrons. The molecule has 0 aromatic heterocycles. The van der Waals surface area contributed by atoms with Crippen LogP contribution in [-0.2, 0) is 19.1 Å². The van der Waals surface area contributed by atoms with Crippen molar-refractivity contribution in [2.24, 2.45) is 23.2 Å². The fraction of sp³-hybridized carbons (Fsp3) is 0.842. The van der Waals surface area contributed by atoms with Gasteiger partial charge in [0.15, 0.2) is 6.10 Å². The number of likely N-dealkylation sites (N-methyl/N-ethyl adjacent to an activating group) is 1. The molecular weight excluding hydrogens is 320 g/mol. The van der Waals surface area contributed by atoms with Gasteiger partial charge in [0.2, 0.25) is 5.91 Å². The molecule has 0 saturated heterocycles. The minimum absolute atomic E-state index is 0.0991. The summed E-state index contributed by atoms with van der Waals surface area (Å²) in [5, 5.41) is 5.57. The molecule has 0 aromatic carbocycles. The molecule has 140 valence electrons. The number of rotatable bonds is 7. The maximum Gasteiger partial charge on any atom is 0.308 e. The van der Waals surface area contributed by atoms with Gasteiger partial charge in [0.05, 0.1) is 6.42 Å². The number of carbonyl (C=O) groups excluding carboxylic acids is 3. The third-order valence-corrected chi connectivity index (χ3v) is 6.16. The van der Waals surface area contributed by atoms with E-state index >= 15 is 0 Å². The van der Waals surface area contributed by atoms with Crippen molar-refractivity contribution < 1.29 is 19.1 Å². The predicted molar refractivity (Wildman–Crippen MR) is 92.5 cm³/mol. The van der Waals surface area contributed by atoms with E-state index in [0.717, 1.165) is 37.0 Å².